The van der Waals surface area contributed by atoms with Crippen LogP contribution in [0.4, 0.5) is 0 Å². The van der Waals surface area contributed by atoms with E-state index in [0.29, 0.717) is 29.6 Å². The molecule has 0 heterocycles. The molecule has 0 aliphatic rings. The topological polar surface area (TPSA) is 66.8 Å². The summed E-state index contributed by atoms with van der Waals surface area (Å²) < 4.78 is 7.80. The maximum atomic E-state index is 11.4. The zero-order chi connectivity index (χ0) is 17.4. The molecule has 2 rings (SSSR count). The molecular weight excluding hydrogens is 543 g/mol. The van der Waals surface area contributed by atoms with Crippen LogP contribution >= 0.6 is 54.5 Å². The number of carbonyl (C=O) groups is 1. The zero-order valence-electron chi connectivity index (χ0n) is 12.2. The minimum absolute atomic E-state index is 0.189. The van der Waals surface area contributed by atoms with Gasteiger partial charge in [0.2, 0.25) is 0 Å². The standard InChI is InChI=1S/C16H13Br2IO4/c1-16(2,15(21)22)8-5-10(17)14(11(18)6-8)23-9-3-4-13(20)12(19)7-9/h3-7,20H,1-2H3,(H,21,22). The van der Waals surface area contributed by atoms with E-state index in [1.165, 1.54) is 0 Å². The van der Waals surface area contributed by atoms with Gasteiger partial charge in [0.05, 0.1) is 17.9 Å². The fourth-order valence-electron chi connectivity index (χ4n) is 1.81. The van der Waals surface area contributed by atoms with E-state index in [2.05, 4.69) is 31.9 Å². The number of hydrogen-bond donors (Lipinski definition) is 2. The summed E-state index contributed by atoms with van der Waals surface area (Å²) in [5, 5.41) is 18.9. The van der Waals surface area contributed by atoms with Crippen LogP contribution in [0.3, 0.4) is 0 Å². The predicted molar refractivity (Wildman–Crippen MR) is 103 cm³/mol. The van der Waals surface area contributed by atoms with Crippen LogP contribution in [0.2, 0.25) is 0 Å². The van der Waals surface area contributed by atoms with Crippen molar-refractivity contribution in [3.8, 4) is 17.2 Å². The van der Waals surface area contributed by atoms with Gasteiger partial charge < -0.3 is 14.9 Å². The molecule has 0 aliphatic carbocycles. The van der Waals surface area contributed by atoms with E-state index in [9.17, 15) is 15.0 Å². The summed E-state index contributed by atoms with van der Waals surface area (Å²) in [6, 6.07) is 8.40. The number of phenols is 1. The van der Waals surface area contributed by atoms with Crippen molar-refractivity contribution in [2.45, 2.75) is 19.3 Å². The molecule has 0 saturated heterocycles. The van der Waals surface area contributed by atoms with Crippen molar-refractivity contribution in [2.75, 3.05) is 0 Å². The zero-order valence-corrected chi connectivity index (χ0v) is 17.6. The maximum absolute atomic E-state index is 11.4. The average Bonchev–Trinajstić information content (AvgIpc) is 2.46. The van der Waals surface area contributed by atoms with Crippen molar-refractivity contribution >= 4 is 60.4 Å². The number of phenolic OH excluding ortho intramolecular Hbond substituents is 1. The number of carboxylic acid groups (broad SMARTS) is 1. The second-order valence-electron chi connectivity index (χ2n) is 5.41. The Hall–Kier alpha value is -0.800. The number of halogens is 3. The van der Waals surface area contributed by atoms with Gasteiger partial charge in [0.15, 0.2) is 5.75 Å². The van der Waals surface area contributed by atoms with Gasteiger partial charge in [-0.15, -0.1) is 0 Å². The van der Waals surface area contributed by atoms with Crippen LogP contribution in [0.5, 0.6) is 17.2 Å². The summed E-state index contributed by atoms with van der Waals surface area (Å²) in [6.07, 6.45) is 0. The van der Waals surface area contributed by atoms with Crippen LogP contribution in [0.25, 0.3) is 0 Å². The predicted octanol–water partition coefficient (Wildman–Crippen LogP) is 5.68. The number of aliphatic carboxylic acids is 1. The fourth-order valence-corrected chi connectivity index (χ4v) is 3.65. The first-order valence-corrected chi connectivity index (χ1v) is 9.18. The summed E-state index contributed by atoms with van der Waals surface area (Å²) in [6.45, 7) is 3.29. The second kappa shape index (κ2) is 6.98. The molecule has 0 fully saturated rings. The van der Waals surface area contributed by atoms with E-state index in [-0.39, 0.29) is 5.75 Å². The van der Waals surface area contributed by atoms with Crippen LogP contribution in [-0.2, 0) is 10.2 Å². The van der Waals surface area contributed by atoms with Gasteiger partial charge in [-0.05, 0) is 104 Å². The minimum atomic E-state index is -1.02. The highest BCUT2D eigenvalue weighted by atomic mass is 127. The Morgan fingerprint density at radius 3 is 2.22 bits per heavy atom. The third kappa shape index (κ3) is 4.00. The molecule has 2 aromatic rings. The molecule has 7 heteroatoms. The van der Waals surface area contributed by atoms with Crippen LogP contribution in [0, 0.1) is 3.57 Å². The normalized spacial score (nSPS) is 11.3. The largest absolute Gasteiger partial charge is 0.507 e. The first kappa shape index (κ1) is 18.5. The molecule has 0 bridgehead atoms. The van der Waals surface area contributed by atoms with Gasteiger partial charge in [-0.1, -0.05) is 0 Å². The number of hydrogen-bond acceptors (Lipinski definition) is 3. The molecule has 0 amide bonds. The maximum Gasteiger partial charge on any atom is 0.313 e. The Morgan fingerprint density at radius 2 is 1.74 bits per heavy atom. The van der Waals surface area contributed by atoms with Crippen molar-refractivity contribution in [1.82, 2.24) is 0 Å². The Morgan fingerprint density at radius 1 is 1.17 bits per heavy atom. The monoisotopic (exact) mass is 554 g/mol. The summed E-state index contributed by atoms with van der Waals surface area (Å²) in [4.78, 5) is 11.4. The highest BCUT2D eigenvalue weighted by Gasteiger charge is 2.30. The lowest BCUT2D eigenvalue weighted by Gasteiger charge is -2.21. The fraction of sp³-hybridized carbons (Fsp3) is 0.188. The molecule has 0 atom stereocenters. The van der Waals surface area contributed by atoms with E-state index in [1.807, 2.05) is 22.6 Å². The molecule has 0 unspecified atom stereocenters. The molecule has 2 N–H and O–H groups in total. The Labute approximate surface area is 164 Å². The smallest absolute Gasteiger partial charge is 0.313 e. The number of aromatic hydroxyl groups is 1. The van der Waals surface area contributed by atoms with Crippen molar-refractivity contribution in [2.24, 2.45) is 0 Å². The molecule has 122 valence electrons. The molecular formula is C16H13Br2IO4. The summed E-state index contributed by atoms with van der Waals surface area (Å²) in [5.41, 5.74) is -0.367. The van der Waals surface area contributed by atoms with Gasteiger partial charge >= 0.3 is 5.97 Å². The lowest BCUT2D eigenvalue weighted by atomic mass is 9.85. The first-order valence-electron chi connectivity index (χ1n) is 6.52. The Kier molecular flexibility index (Phi) is 5.63. The Bertz CT molecular complexity index is 752. The van der Waals surface area contributed by atoms with Crippen LogP contribution < -0.4 is 4.74 Å². The minimum Gasteiger partial charge on any atom is -0.507 e. The van der Waals surface area contributed by atoms with Crippen LogP contribution in [0.1, 0.15) is 19.4 Å². The van der Waals surface area contributed by atoms with E-state index in [4.69, 9.17) is 4.74 Å². The molecule has 0 aromatic heterocycles. The average molecular weight is 556 g/mol. The first-order chi connectivity index (χ1) is 10.6. The van der Waals surface area contributed by atoms with Gasteiger partial charge in [-0.25, -0.2) is 0 Å². The lowest BCUT2D eigenvalue weighted by molar-refractivity contribution is -0.142. The van der Waals surface area contributed by atoms with Crippen molar-refractivity contribution < 1.29 is 19.7 Å². The quantitative estimate of drug-likeness (QED) is 0.477. The summed E-state index contributed by atoms with van der Waals surface area (Å²) in [5.74, 6) is 0.392. The van der Waals surface area contributed by atoms with Crippen molar-refractivity contribution in [3.05, 3.63) is 48.4 Å². The van der Waals surface area contributed by atoms with Crippen LogP contribution in [0.15, 0.2) is 39.3 Å². The van der Waals surface area contributed by atoms with Crippen molar-refractivity contribution in [3.63, 3.8) is 0 Å². The van der Waals surface area contributed by atoms with Crippen molar-refractivity contribution in [1.29, 1.82) is 0 Å². The number of ether oxygens (including phenoxy) is 1. The highest BCUT2D eigenvalue weighted by molar-refractivity contribution is 14.1. The molecule has 0 aliphatic heterocycles. The summed E-state index contributed by atoms with van der Waals surface area (Å²) >= 11 is 8.88. The SMILES string of the molecule is CC(C)(C(=O)O)c1cc(Br)c(Oc2ccc(O)c(I)c2)c(Br)c1. The van der Waals surface area contributed by atoms with E-state index < -0.39 is 11.4 Å². The number of rotatable bonds is 4. The molecule has 2 aromatic carbocycles. The third-order valence-corrected chi connectivity index (χ3v) is 5.44. The van der Waals surface area contributed by atoms with Gasteiger partial charge in [0.25, 0.3) is 0 Å². The van der Waals surface area contributed by atoms with Gasteiger partial charge in [0, 0.05) is 0 Å². The van der Waals surface area contributed by atoms with Gasteiger partial charge in [-0.2, -0.15) is 0 Å². The van der Waals surface area contributed by atoms with Gasteiger partial charge in [-0.3, -0.25) is 4.79 Å². The molecule has 0 radical (unpaired) electrons. The highest BCUT2D eigenvalue weighted by Crippen LogP contribution is 2.41. The Balaban J connectivity index is 2.41. The number of carboxylic acids is 1. The lowest BCUT2D eigenvalue weighted by Crippen LogP contribution is -2.28. The van der Waals surface area contributed by atoms with E-state index in [0.717, 1.165) is 0 Å². The van der Waals surface area contributed by atoms with E-state index in [1.54, 1.807) is 44.2 Å². The van der Waals surface area contributed by atoms with E-state index >= 15 is 0 Å². The van der Waals surface area contributed by atoms with Gasteiger partial charge in [0.1, 0.15) is 11.5 Å². The van der Waals surface area contributed by atoms with Crippen LogP contribution in [-0.4, -0.2) is 16.2 Å². The summed E-state index contributed by atoms with van der Waals surface area (Å²) in [7, 11) is 0. The molecule has 0 saturated carbocycles. The second-order valence-corrected chi connectivity index (χ2v) is 8.29. The molecule has 23 heavy (non-hydrogen) atoms. The number of benzene rings is 2. The third-order valence-electron chi connectivity index (χ3n) is 3.39. The molecule has 0 spiro atoms. The molecule has 4 nitrogen and oxygen atoms in total.